The van der Waals surface area contributed by atoms with Gasteiger partial charge in [0.1, 0.15) is 0 Å². The molecule has 92 valence electrons. The Morgan fingerprint density at radius 3 is 2.47 bits per heavy atom. The molecule has 2 heteroatoms. The molecule has 0 aliphatic rings. The van der Waals surface area contributed by atoms with E-state index >= 15 is 0 Å². The number of hydrogen-bond acceptors (Lipinski definition) is 1. The third-order valence-corrected chi connectivity index (χ3v) is 3.23. The summed E-state index contributed by atoms with van der Waals surface area (Å²) in [5.74, 6) is 0.839. The van der Waals surface area contributed by atoms with Crippen LogP contribution in [0.5, 0.6) is 0 Å². The van der Waals surface area contributed by atoms with Gasteiger partial charge in [0.25, 0.3) is 0 Å². The van der Waals surface area contributed by atoms with Gasteiger partial charge >= 0.3 is 0 Å². The monoisotopic (exact) mass is 278 g/mol. The molecule has 0 radical (unpaired) electrons. The van der Waals surface area contributed by atoms with Gasteiger partial charge in [-0.25, -0.2) is 0 Å². The fourth-order valence-corrected chi connectivity index (χ4v) is 2.44. The Bertz CT molecular complexity index is 145. The summed E-state index contributed by atoms with van der Waals surface area (Å²) in [5, 5.41) is 1.13. The van der Waals surface area contributed by atoms with E-state index < -0.39 is 0 Å². The van der Waals surface area contributed by atoms with Crippen LogP contribution in [-0.4, -0.2) is 17.5 Å². The average molecular weight is 279 g/mol. The van der Waals surface area contributed by atoms with Crippen molar-refractivity contribution in [1.82, 2.24) is 0 Å². The first-order valence-electron chi connectivity index (χ1n) is 6.21. The Hall–Kier alpha value is 0.440. The minimum Gasteiger partial charge on any atom is -0.376 e. The smallest absolute Gasteiger partial charge is 0.0626 e. The van der Waals surface area contributed by atoms with E-state index in [1.807, 2.05) is 0 Å². The predicted octanol–water partition coefficient (Wildman–Crippen LogP) is 4.78. The van der Waals surface area contributed by atoms with Crippen LogP contribution in [0.25, 0.3) is 0 Å². The van der Waals surface area contributed by atoms with Crippen LogP contribution >= 0.6 is 15.9 Å². The Labute approximate surface area is 104 Å². The maximum absolute atomic E-state index is 5.81. The summed E-state index contributed by atoms with van der Waals surface area (Å²) in [7, 11) is 0. The molecule has 15 heavy (non-hydrogen) atoms. The van der Waals surface area contributed by atoms with Crippen LogP contribution in [0.3, 0.4) is 0 Å². The zero-order valence-corrected chi connectivity index (χ0v) is 12.4. The Balaban J connectivity index is 3.55. The molecule has 0 aromatic carbocycles. The first-order valence-corrected chi connectivity index (χ1v) is 7.34. The third-order valence-electron chi connectivity index (χ3n) is 2.77. The Kier molecular flexibility index (Phi) is 8.83. The molecule has 0 spiro atoms. The molecular weight excluding hydrogens is 252 g/mol. The highest BCUT2D eigenvalue weighted by molar-refractivity contribution is 9.09. The summed E-state index contributed by atoms with van der Waals surface area (Å²) in [4.78, 5) is 0. The minimum atomic E-state index is 0.0735. The van der Waals surface area contributed by atoms with Gasteiger partial charge in [0.2, 0.25) is 0 Å². The highest BCUT2D eigenvalue weighted by Crippen LogP contribution is 2.21. The van der Waals surface area contributed by atoms with Crippen molar-refractivity contribution < 1.29 is 4.74 Å². The van der Waals surface area contributed by atoms with Gasteiger partial charge in [-0.15, -0.1) is 0 Å². The Morgan fingerprint density at radius 1 is 1.27 bits per heavy atom. The van der Waals surface area contributed by atoms with Crippen LogP contribution in [0.15, 0.2) is 0 Å². The molecule has 0 amide bonds. The van der Waals surface area contributed by atoms with Gasteiger partial charge in [-0.2, -0.15) is 0 Å². The van der Waals surface area contributed by atoms with Gasteiger partial charge in [0, 0.05) is 11.9 Å². The molecule has 1 atom stereocenters. The van der Waals surface area contributed by atoms with Gasteiger partial charge in [0.05, 0.1) is 5.60 Å². The number of ether oxygens (including phenoxy) is 1. The van der Waals surface area contributed by atoms with E-state index in [0.717, 1.165) is 24.3 Å². The minimum absolute atomic E-state index is 0.0735. The summed E-state index contributed by atoms with van der Waals surface area (Å²) in [6, 6.07) is 0. The molecule has 0 fully saturated rings. The molecule has 0 heterocycles. The second-order valence-electron chi connectivity index (χ2n) is 5.08. The second kappa shape index (κ2) is 8.58. The van der Waals surface area contributed by atoms with Crippen LogP contribution in [0, 0.1) is 5.92 Å². The molecule has 0 aromatic rings. The lowest BCUT2D eigenvalue weighted by Gasteiger charge is -2.25. The molecule has 0 aromatic heterocycles. The van der Waals surface area contributed by atoms with Gasteiger partial charge in [-0.05, 0) is 39.0 Å². The van der Waals surface area contributed by atoms with Crippen molar-refractivity contribution in [3.63, 3.8) is 0 Å². The van der Waals surface area contributed by atoms with E-state index in [2.05, 4.69) is 43.6 Å². The van der Waals surface area contributed by atoms with E-state index in [1.54, 1.807) is 0 Å². The molecule has 0 bridgehead atoms. The molecule has 0 saturated heterocycles. The summed E-state index contributed by atoms with van der Waals surface area (Å²) in [5.41, 5.74) is 0.0735. The van der Waals surface area contributed by atoms with Crippen molar-refractivity contribution >= 4 is 15.9 Å². The van der Waals surface area contributed by atoms with E-state index in [-0.39, 0.29) is 5.60 Å². The summed E-state index contributed by atoms with van der Waals surface area (Å²) in [6.07, 6.45) is 6.19. The van der Waals surface area contributed by atoms with Gasteiger partial charge in [-0.1, -0.05) is 42.6 Å². The largest absolute Gasteiger partial charge is 0.376 e. The quantitative estimate of drug-likeness (QED) is 0.552. The first kappa shape index (κ1) is 15.4. The van der Waals surface area contributed by atoms with Crippen LogP contribution in [0.2, 0.25) is 0 Å². The molecule has 0 N–H and O–H groups in total. The molecule has 0 aliphatic carbocycles. The normalized spacial score (nSPS) is 14.2. The lowest BCUT2D eigenvalue weighted by molar-refractivity contribution is -0.0250. The maximum Gasteiger partial charge on any atom is 0.0626 e. The predicted molar refractivity (Wildman–Crippen MR) is 71.7 cm³/mol. The average Bonchev–Trinajstić information content (AvgIpc) is 2.15. The van der Waals surface area contributed by atoms with E-state index in [1.165, 1.54) is 25.7 Å². The number of hydrogen-bond donors (Lipinski definition) is 0. The zero-order chi connectivity index (χ0) is 11.7. The second-order valence-corrected chi connectivity index (χ2v) is 5.88. The van der Waals surface area contributed by atoms with Crippen molar-refractivity contribution in [2.75, 3.05) is 11.9 Å². The van der Waals surface area contributed by atoms with Crippen molar-refractivity contribution in [2.45, 2.75) is 65.4 Å². The van der Waals surface area contributed by atoms with Crippen LogP contribution < -0.4 is 0 Å². The summed E-state index contributed by atoms with van der Waals surface area (Å²) >= 11 is 3.49. The summed E-state index contributed by atoms with van der Waals surface area (Å²) < 4.78 is 5.81. The van der Waals surface area contributed by atoms with Crippen LogP contribution in [0.4, 0.5) is 0 Å². The Morgan fingerprint density at radius 2 is 1.93 bits per heavy atom. The van der Waals surface area contributed by atoms with E-state index in [4.69, 9.17) is 4.74 Å². The van der Waals surface area contributed by atoms with E-state index in [9.17, 15) is 0 Å². The number of rotatable bonds is 9. The zero-order valence-electron chi connectivity index (χ0n) is 10.8. The number of alkyl halides is 1. The van der Waals surface area contributed by atoms with Crippen LogP contribution in [-0.2, 0) is 4.74 Å². The molecule has 1 unspecified atom stereocenters. The van der Waals surface area contributed by atoms with Gasteiger partial charge < -0.3 is 4.74 Å². The lowest BCUT2D eigenvalue weighted by atomic mass is 9.95. The van der Waals surface area contributed by atoms with Crippen molar-refractivity contribution in [2.24, 2.45) is 5.92 Å². The highest BCUT2D eigenvalue weighted by Gasteiger charge is 2.17. The first-order chi connectivity index (χ1) is 7.02. The standard InChI is InChI=1S/C13H27BrO/c1-5-11-15-13(3,4)9-6-7-12(2)8-10-14/h12H,5-11H2,1-4H3. The fourth-order valence-electron chi connectivity index (χ4n) is 1.66. The molecule has 1 nitrogen and oxygen atoms in total. The maximum atomic E-state index is 5.81. The van der Waals surface area contributed by atoms with Gasteiger partial charge in [0.15, 0.2) is 0 Å². The number of halogens is 1. The third kappa shape index (κ3) is 9.37. The fraction of sp³-hybridized carbons (Fsp3) is 1.00. The van der Waals surface area contributed by atoms with Crippen molar-refractivity contribution in [3.8, 4) is 0 Å². The van der Waals surface area contributed by atoms with E-state index in [0.29, 0.717) is 0 Å². The lowest BCUT2D eigenvalue weighted by Crippen LogP contribution is -2.24. The molecule has 0 rings (SSSR count). The van der Waals surface area contributed by atoms with Crippen molar-refractivity contribution in [3.05, 3.63) is 0 Å². The molecular formula is C13H27BrO. The van der Waals surface area contributed by atoms with Gasteiger partial charge in [-0.3, -0.25) is 0 Å². The molecule has 0 aliphatic heterocycles. The SMILES string of the molecule is CCCOC(C)(C)CCCC(C)CCBr. The van der Waals surface area contributed by atoms with Crippen LogP contribution in [0.1, 0.15) is 59.8 Å². The topological polar surface area (TPSA) is 9.23 Å². The highest BCUT2D eigenvalue weighted by atomic mass is 79.9. The molecule has 0 saturated carbocycles. The van der Waals surface area contributed by atoms with Crippen molar-refractivity contribution in [1.29, 1.82) is 0 Å². The summed E-state index contributed by atoms with van der Waals surface area (Å²) in [6.45, 7) is 9.80.